The van der Waals surface area contributed by atoms with Crippen LogP contribution in [0, 0.1) is 6.92 Å². The standard InChI is InChI=1S/C14H16BrNO3/c1-9-7-10(15)3-4-11(9)13(19)16-14(5-2-6-14)8-12(17)18/h3-4,7H,2,5-6,8H2,1H3,(H,16,19)(H,17,18). The van der Waals surface area contributed by atoms with Gasteiger partial charge in [-0.25, -0.2) is 0 Å². The normalized spacial score (nSPS) is 16.5. The fourth-order valence-corrected chi connectivity index (χ4v) is 2.90. The molecule has 0 bridgehead atoms. The van der Waals surface area contributed by atoms with Crippen LogP contribution in [0.5, 0.6) is 0 Å². The van der Waals surface area contributed by atoms with Gasteiger partial charge in [0.15, 0.2) is 0 Å². The summed E-state index contributed by atoms with van der Waals surface area (Å²) in [5.41, 5.74) is 0.916. The number of halogens is 1. The summed E-state index contributed by atoms with van der Waals surface area (Å²) < 4.78 is 0.922. The van der Waals surface area contributed by atoms with Crippen LogP contribution in [0.25, 0.3) is 0 Å². The fraction of sp³-hybridized carbons (Fsp3) is 0.429. The molecule has 0 heterocycles. The zero-order chi connectivity index (χ0) is 14.0. The zero-order valence-corrected chi connectivity index (χ0v) is 12.3. The highest BCUT2D eigenvalue weighted by molar-refractivity contribution is 9.10. The van der Waals surface area contributed by atoms with Crippen LogP contribution >= 0.6 is 15.9 Å². The average Bonchev–Trinajstić information content (AvgIpc) is 2.25. The monoisotopic (exact) mass is 325 g/mol. The Morgan fingerprint density at radius 1 is 1.42 bits per heavy atom. The third-order valence-electron chi connectivity index (χ3n) is 3.61. The third kappa shape index (κ3) is 3.15. The molecule has 0 aromatic heterocycles. The summed E-state index contributed by atoms with van der Waals surface area (Å²) in [6.07, 6.45) is 2.43. The molecule has 19 heavy (non-hydrogen) atoms. The Balaban J connectivity index is 2.13. The molecule has 0 unspecified atom stereocenters. The minimum atomic E-state index is -0.868. The van der Waals surface area contributed by atoms with Crippen LogP contribution < -0.4 is 5.32 Å². The van der Waals surface area contributed by atoms with Gasteiger partial charge in [-0.15, -0.1) is 0 Å². The van der Waals surface area contributed by atoms with E-state index in [2.05, 4.69) is 21.2 Å². The SMILES string of the molecule is Cc1cc(Br)ccc1C(=O)NC1(CC(=O)O)CCC1. The van der Waals surface area contributed by atoms with Crippen LogP contribution in [0.3, 0.4) is 0 Å². The number of amides is 1. The van der Waals surface area contributed by atoms with Crippen LogP contribution in [0.4, 0.5) is 0 Å². The summed E-state index contributed by atoms with van der Waals surface area (Å²) in [5.74, 6) is -1.06. The maximum atomic E-state index is 12.2. The second kappa shape index (κ2) is 5.33. The van der Waals surface area contributed by atoms with Crippen molar-refractivity contribution in [3.05, 3.63) is 33.8 Å². The summed E-state index contributed by atoms with van der Waals surface area (Å²) in [6, 6.07) is 5.44. The van der Waals surface area contributed by atoms with E-state index in [1.807, 2.05) is 19.1 Å². The number of aryl methyl sites for hydroxylation is 1. The van der Waals surface area contributed by atoms with Gasteiger partial charge < -0.3 is 10.4 Å². The van der Waals surface area contributed by atoms with Gasteiger partial charge in [0.2, 0.25) is 0 Å². The number of nitrogens with one attached hydrogen (secondary N) is 1. The van der Waals surface area contributed by atoms with Crippen molar-refractivity contribution in [2.75, 3.05) is 0 Å². The molecular formula is C14H16BrNO3. The Kier molecular flexibility index (Phi) is 3.94. The zero-order valence-electron chi connectivity index (χ0n) is 10.7. The number of carboxylic acids is 1. The second-order valence-corrected chi connectivity index (χ2v) is 6.03. The largest absolute Gasteiger partial charge is 0.481 e. The Bertz CT molecular complexity index is 523. The molecule has 1 aliphatic rings. The van der Waals surface area contributed by atoms with Crippen molar-refractivity contribution in [1.29, 1.82) is 0 Å². The van der Waals surface area contributed by atoms with Gasteiger partial charge in [0, 0.05) is 10.0 Å². The summed E-state index contributed by atoms with van der Waals surface area (Å²) in [6.45, 7) is 1.87. The van der Waals surface area contributed by atoms with E-state index in [1.54, 1.807) is 6.07 Å². The molecule has 102 valence electrons. The maximum Gasteiger partial charge on any atom is 0.305 e. The Morgan fingerprint density at radius 3 is 2.58 bits per heavy atom. The number of hydrogen-bond donors (Lipinski definition) is 2. The number of carboxylic acid groups (broad SMARTS) is 1. The first-order chi connectivity index (χ1) is 8.92. The quantitative estimate of drug-likeness (QED) is 0.894. The number of rotatable bonds is 4. The number of benzene rings is 1. The smallest absolute Gasteiger partial charge is 0.305 e. The van der Waals surface area contributed by atoms with Crippen LogP contribution in [0.1, 0.15) is 41.6 Å². The van der Waals surface area contributed by atoms with Crippen LogP contribution in [-0.4, -0.2) is 22.5 Å². The molecule has 1 fully saturated rings. The van der Waals surface area contributed by atoms with Gasteiger partial charge in [-0.05, 0) is 49.9 Å². The lowest BCUT2D eigenvalue weighted by molar-refractivity contribution is -0.139. The second-order valence-electron chi connectivity index (χ2n) is 5.12. The Hall–Kier alpha value is -1.36. The van der Waals surface area contributed by atoms with Crippen molar-refractivity contribution in [1.82, 2.24) is 5.32 Å². The molecule has 1 amide bonds. The average molecular weight is 326 g/mol. The van der Waals surface area contributed by atoms with Crippen molar-refractivity contribution >= 4 is 27.8 Å². The van der Waals surface area contributed by atoms with Crippen LogP contribution in [-0.2, 0) is 4.79 Å². The van der Waals surface area contributed by atoms with Gasteiger partial charge >= 0.3 is 5.97 Å². The molecule has 1 aromatic carbocycles. The van der Waals surface area contributed by atoms with Gasteiger partial charge in [-0.1, -0.05) is 15.9 Å². The maximum absolute atomic E-state index is 12.2. The number of carbonyl (C=O) groups excluding carboxylic acids is 1. The molecule has 2 rings (SSSR count). The molecule has 0 radical (unpaired) electrons. The van der Waals surface area contributed by atoms with Crippen molar-refractivity contribution in [3.63, 3.8) is 0 Å². The van der Waals surface area contributed by atoms with Crippen molar-refractivity contribution < 1.29 is 14.7 Å². The number of carbonyl (C=O) groups is 2. The molecule has 1 aliphatic carbocycles. The molecule has 2 N–H and O–H groups in total. The lowest BCUT2D eigenvalue weighted by Gasteiger charge is -2.41. The van der Waals surface area contributed by atoms with E-state index in [4.69, 9.17) is 5.11 Å². The van der Waals surface area contributed by atoms with Crippen LogP contribution in [0.15, 0.2) is 22.7 Å². The summed E-state index contributed by atoms with van der Waals surface area (Å²) >= 11 is 3.35. The predicted molar refractivity (Wildman–Crippen MR) is 75.2 cm³/mol. The minimum Gasteiger partial charge on any atom is -0.481 e. The molecule has 0 saturated heterocycles. The lowest BCUT2D eigenvalue weighted by atomic mass is 9.74. The lowest BCUT2D eigenvalue weighted by Crippen LogP contribution is -2.54. The Morgan fingerprint density at radius 2 is 2.11 bits per heavy atom. The molecule has 1 aromatic rings. The highest BCUT2D eigenvalue weighted by Gasteiger charge is 2.40. The van der Waals surface area contributed by atoms with Gasteiger partial charge in [-0.2, -0.15) is 0 Å². The van der Waals surface area contributed by atoms with E-state index in [-0.39, 0.29) is 12.3 Å². The van der Waals surface area contributed by atoms with E-state index in [1.165, 1.54) is 0 Å². The molecule has 4 nitrogen and oxygen atoms in total. The van der Waals surface area contributed by atoms with Gasteiger partial charge in [0.25, 0.3) is 5.91 Å². The van der Waals surface area contributed by atoms with Crippen molar-refractivity contribution in [2.45, 2.75) is 38.1 Å². The minimum absolute atomic E-state index is 0.00564. The van der Waals surface area contributed by atoms with Gasteiger partial charge in [0.05, 0.1) is 12.0 Å². The third-order valence-corrected chi connectivity index (χ3v) is 4.11. The fourth-order valence-electron chi connectivity index (χ4n) is 2.43. The van der Waals surface area contributed by atoms with Gasteiger partial charge in [-0.3, -0.25) is 9.59 Å². The molecule has 0 aliphatic heterocycles. The van der Waals surface area contributed by atoms with Gasteiger partial charge in [0.1, 0.15) is 0 Å². The summed E-state index contributed by atoms with van der Waals surface area (Å²) in [5, 5.41) is 11.8. The van der Waals surface area contributed by atoms with Crippen molar-refractivity contribution in [3.8, 4) is 0 Å². The first-order valence-electron chi connectivity index (χ1n) is 6.22. The highest BCUT2D eigenvalue weighted by Crippen LogP contribution is 2.35. The van der Waals surface area contributed by atoms with E-state index in [0.717, 1.165) is 29.3 Å². The first kappa shape index (κ1) is 14.1. The molecular weight excluding hydrogens is 310 g/mol. The van der Waals surface area contributed by atoms with Crippen LogP contribution in [0.2, 0.25) is 0 Å². The van der Waals surface area contributed by atoms with E-state index < -0.39 is 11.5 Å². The van der Waals surface area contributed by atoms with E-state index >= 15 is 0 Å². The predicted octanol–water partition coefficient (Wildman–Crippen LogP) is 2.88. The molecule has 0 spiro atoms. The van der Waals surface area contributed by atoms with E-state index in [9.17, 15) is 9.59 Å². The molecule has 1 saturated carbocycles. The number of hydrogen-bond acceptors (Lipinski definition) is 2. The first-order valence-corrected chi connectivity index (χ1v) is 7.02. The summed E-state index contributed by atoms with van der Waals surface area (Å²) in [4.78, 5) is 23.1. The topological polar surface area (TPSA) is 66.4 Å². The molecule has 0 atom stereocenters. The highest BCUT2D eigenvalue weighted by atomic mass is 79.9. The molecule has 5 heteroatoms. The summed E-state index contributed by atoms with van der Waals surface area (Å²) in [7, 11) is 0. The van der Waals surface area contributed by atoms with E-state index in [0.29, 0.717) is 5.56 Å². The van der Waals surface area contributed by atoms with Crippen molar-refractivity contribution in [2.24, 2.45) is 0 Å². The number of aliphatic carboxylic acids is 1. The Labute approximate surface area is 120 Å².